The number of hydrogen-bond acceptors (Lipinski definition) is 3. The van der Waals surface area contributed by atoms with E-state index in [-0.39, 0.29) is 0 Å². The Bertz CT molecular complexity index is 401. The molecule has 18 heavy (non-hydrogen) atoms. The lowest BCUT2D eigenvalue weighted by molar-refractivity contribution is 0.157. The van der Waals surface area contributed by atoms with Gasteiger partial charge in [-0.25, -0.2) is 4.98 Å². The summed E-state index contributed by atoms with van der Waals surface area (Å²) in [6.45, 7) is 6.78. The van der Waals surface area contributed by atoms with Gasteiger partial charge >= 0.3 is 0 Å². The molecule has 0 aromatic carbocycles. The van der Waals surface area contributed by atoms with E-state index < -0.39 is 0 Å². The Morgan fingerprint density at radius 3 is 2.78 bits per heavy atom. The molecule has 0 amide bonds. The van der Waals surface area contributed by atoms with Crippen LogP contribution in [0.15, 0.2) is 12.3 Å². The first kappa shape index (κ1) is 13.3. The Morgan fingerprint density at radius 1 is 1.39 bits per heavy atom. The monoisotopic (exact) mass is 247 g/mol. The molecule has 1 aliphatic heterocycles. The summed E-state index contributed by atoms with van der Waals surface area (Å²) >= 11 is 0. The quantitative estimate of drug-likeness (QED) is 0.818. The molecule has 3 heteroatoms. The van der Waals surface area contributed by atoms with E-state index >= 15 is 0 Å². The van der Waals surface area contributed by atoms with E-state index in [1.54, 1.807) is 0 Å². The van der Waals surface area contributed by atoms with Crippen LogP contribution in [0.4, 0.5) is 5.82 Å². The van der Waals surface area contributed by atoms with Crippen LogP contribution in [0.1, 0.15) is 43.4 Å². The van der Waals surface area contributed by atoms with Gasteiger partial charge < -0.3 is 4.90 Å². The molecule has 1 fully saturated rings. The first-order valence-corrected chi connectivity index (χ1v) is 7.01. The van der Waals surface area contributed by atoms with E-state index in [0.29, 0.717) is 6.04 Å². The molecule has 1 saturated heterocycles. The Balaban J connectivity index is 2.24. The van der Waals surface area contributed by atoms with E-state index in [9.17, 15) is 0 Å². The number of aryl methyl sites for hydroxylation is 1. The lowest BCUT2D eigenvalue weighted by atomic mass is 9.95. The fourth-order valence-corrected chi connectivity index (χ4v) is 2.99. The van der Waals surface area contributed by atoms with Crippen molar-refractivity contribution in [3.05, 3.63) is 23.4 Å². The number of piperidine rings is 1. The number of nitrogens with zero attached hydrogens (tertiary/aromatic N) is 3. The van der Waals surface area contributed by atoms with Crippen molar-refractivity contribution in [3.8, 4) is 0 Å². The molecule has 2 rings (SSSR count). The molecule has 1 aromatic rings. The fourth-order valence-electron chi connectivity index (χ4n) is 2.99. The Hall–Kier alpha value is -1.09. The highest BCUT2D eigenvalue weighted by Gasteiger charge is 2.23. The molecule has 0 N–H and O–H groups in total. The van der Waals surface area contributed by atoms with Gasteiger partial charge in [-0.2, -0.15) is 0 Å². The van der Waals surface area contributed by atoms with Crippen molar-refractivity contribution < 1.29 is 0 Å². The molecule has 1 aromatic heterocycles. The fraction of sp³-hybridized carbons (Fsp3) is 0.667. The highest BCUT2D eigenvalue weighted by Crippen LogP contribution is 2.31. The van der Waals surface area contributed by atoms with Crippen molar-refractivity contribution in [2.75, 3.05) is 32.1 Å². The van der Waals surface area contributed by atoms with Crippen LogP contribution in [0.2, 0.25) is 0 Å². The summed E-state index contributed by atoms with van der Waals surface area (Å²) < 4.78 is 0. The molecule has 0 radical (unpaired) electrons. The second kappa shape index (κ2) is 5.70. The third kappa shape index (κ3) is 2.66. The number of aromatic nitrogens is 1. The van der Waals surface area contributed by atoms with Crippen molar-refractivity contribution in [3.63, 3.8) is 0 Å². The van der Waals surface area contributed by atoms with Crippen LogP contribution in [-0.4, -0.2) is 37.1 Å². The predicted molar refractivity (Wildman–Crippen MR) is 77.1 cm³/mol. The van der Waals surface area contributed by atoms with Crippen molar-refractivity contribution >= 4 is 5.82 Å². The molecule has 0 spiro atoms. The number of anilines is 1. The molecule has 3 nitrogen and oxygen atoms in total. The standard InChI is InChI=1S/C15H25N3/c1-5-18-9-7-6-8-14(18)13-10-12(2)15(16-11-13)17(3)4/h10-11,14H,5-9H2,1-4H3/t14-/m0/s1. The number of hydrogen-bond donors (Lipinski definition) is 0. The first-order chi connectivity index (χ1) is 8.63. The van der Waals surface area contributed by atoms with E-state index in [2.05, 4.69) is 40.9 Å². The zero-order chi connectivity index (χ0) is 13.1. The summed E-state index contributed by atoms with van der Waals surface area (Å²) in [4.78, 5) is 9.28. The maximum absolute atomic E-state index is 4.62. The summed E-state index contributed by atoms with van der Waals surface area (Å²) in [5.74, 6) is 1.08. The van der Waals surface area contributed by atoms with Gasteiger partial charge in [-0.05, 0) is 50.0 Å². The highest BCUT2D eigenvalue weighted by molar-refractivity contribution is 5.46. The lowest BCUT2D eigenvalue weighted by Gasteiger charge is -2.35. The number of pyridine rings is 1. The van der Waals surface area contributed by atoms with Crippen LogP contribution >= 0.6 is 0 Å². The summed E-state index contributed by atoms with van der Waals surface area (Å²) in [7, 11) is 4.10. The molecular weight excluding hydrogens is 222 g/mol. The molecular formula is C15H25N3. The van der Waals surface area contributed by atoms with E-state index in [0.717, 1.165) is 12.4 Å². The summed E-state index contributed by atoms with van der Waals surface area (Å²) in [6.07, 6.45) is 6.03. The maximum Gasteiger partial charge on any atom is 0.130 e. The molecule has 0 bridgehead atoms. The van der Waals surface area contributed by atoms with Crippen LogP contribution in [-0.2, 0) is 0 Å². The molecule has 0 saturated carbocycles. The summed E-state index contributed by atoms with van der Waals surface area (Å²) in [5.41, 5.74) is 2.67. The lowest BCUT2D eigenvalue weighted by Crippen LogP contribution is -2.33. The molecule has 0 aliphatic carbocycles. The third-order valence-electron chi connectivity index (χ3n) is 3.90. The van der Waals surface area contributed by atoms with E-state index in [1.165, 1.54) is 36.9 Å². The van der Waals surface area contributed by atoms with Crippen molar-refractivity contribution in [1.29, 1.82) is 0 Å². The predicted octanol–water partition coefficient (Wildman–Crippen LogP) is 3.00. The van der Waals surface area contributed by atoms with Crippen molar-refractivity contribution in [2.45, 2.75) is 39.2 Å². The van der Waals surface area contributed by atoms with Gasteiger partial charge in [-0.15, -0.1) is 0 Å². The van der Waals surface area contributed by atoms with Crippen LogP contribution in [0.3, 0.4) is 0 Å². The third-order valence-corrected chi connectivity index (χ3v) is 3.90. The molecule has 100 valence electrons. The van der Waals surface area contributed by atoms with Crippen LogP contribution in [0.25, 0.3) is 0 Å². The second-order valence-corrected chi connectivity index (χ2v) is 5.44. The smallest absolute Gasteiger partial charge is 0.130 e. The van der Waals surface area contributed by atoms with Gasteiger partial charge in [0.25, 0.3) is 0 Å². The van der Waals surface area contributed by atoms with Crippen LogP contribution < -0.4 is 4.90 Å². The minimum absolute atomic E-state index is 0.575. The molecule has 2 heterocycles. The topological polar surface area (TPSA) is 19.4 Å². The average Bonchev–Trinajstić information content (AvgIpc) is 2.38. The number of rotatable bonds is 3. The van der Waals surface area contributed by atoms with Crippen LogP contribution in [0, 0.1) is 6.92 Å². The van der Waals surface area contributed by atoms with Crippen molar-refractivity contribution in [1.82, 2.24) is 9.88 Å². The van der Waals surface area contributed by atoms with E-state index in [1.807, 2.05) is 14.1 Å². The first-order valence-electron chi connectivity index (χ1n) is 7.01. The molecule has 1 atom stereocenters. The second-order valence-electron chi connectivity index (χ2n) is 5.44. The Labute approximate surface area is 111 Å². The highest BCUT2D eigenvalue weighted by atomic mass is 15.2. The zero-order valence-corrected chi connectivity index (χ0v) is 12.1. The van der Waals surface area contributed by atoms with Crippen LogP contribution in [0.5, 0.6) is 0 Å². The SMILES string of the molecule is CCN1CCCC[C@H]1c1cnc(N(C)C)c(C)c1. The average molecular weight is 247 g/mol. The van der Waals surface area contributed by atoms with Gasteiger partial charge in [0.2, 0.25) is 0 Å². The molecule has 0 unspecified atom stereocenters. The summed E-state index contributed by atoms with van der Waals surface area (Å²) in [6, 6.07) is 2.90. The molecule has 1 aliphatic rings. The normalized spacial score (nSPS) is 21.0. The van der Waals surface area contributed by atoms with Gasteiger partial charge in [0.05, 0.1) is 0 Å². The Morgan fingerprint density at radius 2 is 2.17 bits per heavy atom. The Kier molecular flexibility index (Phi) is 4.23. The van der Waals surface area contributed by atoms with Gasteiger partial charge in [-0.1, -0.05) is 13.3 Å². The van der Waals surface area contributed by atoms with Crippen molar-refractivity contribution in [2.24, 2.45) is 0 Å². The van der Waals surface area contributed by atoms with Gasteiger partial charge in [0.15, 0.2) is 0 Å². The maximum atomic E-state index is 4.62. The van der Waals surface area contributed by atoms with Gasteiger partial charge in [-0.3, -0.25) is 4.90 Å². The minimum atomic E-state index is 0.575. The van der Waals surface area contributed by atoms with Gasteiger partial charge in [0, 0.05) is 26.3 Å². The summed E-state index contributed by atoms with van der Waals surface area (Å²) in [5, 5.41) is 0. The zero-order valence-electron chi connectivity index (χ0n) is 12.1. The largest absolute Gasteiger partial charge is 0.363 e. The number of likely N-dealkylation sites (tertiary alicyclic amines) is 1. The van der Waals surface area contributed by atoms with Gasteiger partial charge in [0.1, 0.15) is 5.82 Å². The van der Waals surface area contributed by atoms with E-state index in [4.69, 9.17) is 0 Å². The minimum Gasteiger partial charge on any atom is -0.363 e.